The summed E-state index contributed by atoms with van der Waals surface area (Å²) in [6.07, 6.45) is 11.6. The van der Waals surface area contributed by atoms with Gasteiger partial charge < -0.3 is 21.1 Å². The van der Waals surface area contributed by atoms with Crippen LogP contribution >= 0.6 is 0 Å². The second-order valence-corrected chi connectivity index (χ2v) is 7.90. The molecule has 174 valence electrons. The van der Waals surface area contributed by atoms with E-state index in [0.29, 0.717) is 6.54 Å². The maximum atomic E-state index is 12.3. The molecule has 0 fully saturated rings. The number of amides is 3. The molecule has 2 atom stereocenters. The first-order chi connectivity index (χ1) is 14.3. The Morgan fingerprint density at radius 2 is 1.40 bits per heavy atom. The first-order valence-corrected chi connectivity index (χ1v) is 11.2. The van der Waals surface area contributed by atoms with Gasteiger partial charge >= 0.3 is 12.0 Å². The molecular weight excluding hydrogens is 386 g/mol. The van der Waals surface area contributed by atoms with Crippen LogP contribution in [0.25, 0.3) is 0 Å². The highest BCUT2D eigenvalue weighted by molar-refractivity contribution is 5.94. The van der Waals surface area contributed by atoms with Crippen molar-refractivity contribution in [2.75, 3.05) is 13.7 Å². The van der Waals surface area contributed by atoms with E-state index in [9.17, 15) is 19.2 Å². The van der Waals surface area contributed by atoms with Crippen LogP contribution in [0.3, 0.4) is 0 Å². The molecule has 0 aliphatic rings. The van der Waals surface area contributed by atoms with Gasteiger partial charge in [0.25, 0.3) is 0 Å². The van der Waals surface area contributed by atoms with Crippen LogP contribution in [0.15, 0.2) is 0 Å². The summed E-state index contributed by atoms with van der Waals surface area (Å²) >= 11 is 0. The van der Waals surface area contributed by atoms with Gasteiger partial charge in [-0.15, -0.1) is 0 Å². The molecule has 4 N–H and O–H groups in total. The van der Waals surface area contributed by atoms with E-state index in [-0.39, 0.29) is 12.8 Å². The molecule has 3 amide bonds. The predicted molar refractivity (Wildman–Crippen MR) is 117 cm³/mol. The number of primary amides is 1. The summed E-state index contributed by atoms with van der Waals surface area (Å²) in [4.78, 5) is 47.1. The van der Waals surface area contributed by atoms with E-state index in [4.69, 9.17) is 5.73 Å². The van der Waals surface area contributed by atoms with Crippen molar-refractivity contribution < 1.29 is 23.9 Å². The summed E-state index contributed by atoms with van der Waals surface area (Å²) in [5.41, 5.74) is 5.18. The maximum absolute atomic E-state index is 12.3. The number of rotatable bonds is 18. The Bertz CT molecular complexity index is 525. The zero-order valence-electron chi connectivity index (χ0n) is 19.0. The Balaban J connectivity index is 4.07. The lowest BCUT2D eigenvalue weighted by Crippen LogP contribution is -2.48. The lowest BCUT2D eigenvalue weighted by molar-refractivity contribution is -0.146. The summed E-state index contributed by atoms with van der Waals surface area (Å²) in [5.74, 6) is -2.31. The van der Waals surface area contributed by atoms with Gasteiger partial charge in [0.1, 0.15) is 0 Å². The van der Waals surface area contributed by atoms with Gasteiger partial charge in [-0.1, -0.05) is 71.6 Å². The van der Waals surface area contributed by atoms with Crippen molar-refractivity contribution in [1.82, 2.24) is 10.6 Å². The number of Topliss-reactive ketones (excluding diaryl/α,β-unsaturated/α-hetero) is 1. The molecule has 0 saturated heterocycles. The SMILES string of the molecule is CCCCCCCCCCCCNC(=O)N[C@H](CC(N)=O)C(=O)C[C@@H](C)C(=O)OC. The number of unbranched alkanes of at least 4 members (excludes halogenated alkanes) is 9. The monoisotopic (exact) mass is 427 g/mol. The first-order valence-electron chi connectivity index (χ1n) is 11.2. The van der Waals surface area contributed by atoms with E-state index in [1.54, 1.807) is 6.92 Å². The zero-order valence-corrected chi connectivity index (χ0v) is 19.0. The molecule has 0 heterocycles. The van der Waals surface area contributed by atoms with E-state index < -0.39 is 35.7 Å². The standard InChI is InChI=1S/C22H41N3O5/c1-4-5-6-7-8-9-10-11-12-13-14-24-22(29)25-18(16-20(23)27)19(26)15-17(2)21(28)30-3/h17-18H,4-16H2,1-3H3,(H2,23,27)(H2,24,25,29)/t17-,18-/m1/s1. The molecule has 0 aromatic heterocycles. The molecule has 0 saturated carbocycles. The molecule has 0 spiro atoms. The third-order valence-electron chi connectivity index (χ3n) is 5.03. The highest BCUT2D eigenvalue weighted by atomic mass is 16.5. The maximum Gasteiger partial charge on any atom is 0.315 e. The number of esters is 1. The van der Waals surface area contributed by atoms with Crippen molar-refractivity contribution in [1.29, 1.82) is 0 Å². The van der Waals surface area contributed by atoms with Gasteiger partial charge in [0, 0.05) is 13.0 Å². The van der Waals surface area contributed by atoms with Crippen molar-refractivity contribution in [3.63, 3.8) is 0 Å². The summed E-state index contributed by atoms with van der Waals surface area (Å²) in [5, 5.41) is 5.20. The first kappa shape index (κ1) is 27.9. The van der Waals surface area contributed by atoms with E-state index in [0.717, 1.165) is 19.3 Å². The van der Waals surface area contributed by atoms with Gasteiger partial charge in [-0.3, -0.25) is 14.4 Å². The number of hydrogen-bond donors (Lipinski definition) is 3. The van der Waals surface area contributed by atoms with Crippen LogP contribution in [0, 0.1) is 5.92 Å². The van der Waals surface area contributed by atoms with Crippen LogP contribution in [-0.4, -0.2) is 43.4 Å². The predicted octanol–water partition coefficient (Wildman–Crippen LogP) is 3.22. The molecule has 0 aliphatic heterocycles. The molecule has 0 aromatic rings. The third-order valence-corrected chi connectivity index (χ3v) is 5.03. The van der Waals surface area contributed by atoms with E-state index in [1.165, 1.54) is 52.1 Å². The number of urea groups is 1. The fourth-order valence-corrected chi connectivity index (χ4v) is 3.20. The summed E-state index contributed by atoms with van der Waals surface area (Å²) in [6.45, 7) is 4.27. The van der Waals surface area contributed by atoms with Gasteiger partial charge in [-0.25, -0.2) is 4.79 Å². The molecule has 30 heavy (non-hydrogen) atoms. The number of ether oxygens (including phenoxy) is 1. The zero-order chi connectivity index (χ0) is 22.8. The average Bonchev–Trinajstić information content (AvgIpc) is 2.70. The largest absolute Gasteiger partial charge is 0.469 e. The van der Waals surface area contributed by atoms with Crippen molar-refractivity contribution in [3.05, 3.63) is 0 Å². The smallest absolute Gasteiger partial charge is 0.315 e. The van der Waals surface area contributed by atoms with Gasteiger partial charge in [-0.05, 0) is 6.42 Å². The Morgan fingerprint density at radius 1 is 0.867 bits per heavy atom. The summed E-state index contributed by atoms with van der Waals surface area (Å²) in [6, 6.07) is -1.57. The molecule has 0 bridgehead atoms. The molecule has 8 nitrogen and oxygen atoms in total. The molecule has 0 unspecified atom stereocenters. The third kappa shape index (κ3) is 14.8. The minimum absolute atomic E-state index is 0.136. The summed E-state index contributed by atoms with van der Waals surface area (Å²) in [7, 11) is 1.24. The number of hydrogen-bond acceptors (Lipinski definition) is 5. The van der Waals surface area contributed by atoms with Crippen LogP contribution in [0.4, 0.5) is 4.79 Å². The van der Waals surface area contributed by atoms with Crippen molar-refractivity contribution >= 4 is 23.7 Å². The lowest BCUT2D eigenvalue weighted by Gasteiger charge is -2.18. The highest BCUT2D eigenvalue weighted by Gasteiger charge is 2.26. The van der Waals surface area contributed by atoms with Gasteiger partial charge in [0.05, 0.1) is 25.5 Å². The molecule has 8 heteroatoms. The minimum Gasteiger partial charge on any atom is -0.469 e. The topological polar surface area (TPSA) is 128 Å². The van der Waals surface area contributed by atoms with Crippen molar-refractivity contribution in [3.8, 4) is 0 Å². The van der Waals surface area contributed by atoms with E-state index in [1.807, 2.05) is 0 Å². The Hall–Kier alpha value is -2.12. The van der Waals surface area contributed by atoms with Crippen molar-refractivity contribution in [2.45, 2.75) is 96.9 Å². The number of nitrogens with one attached hydrogen (secondary N) is 2. The lowest BCUT2D eigenvalue weighted by atomic mass is 9.98. The molecule has 0 rings (SSSR count). The Labute approximate surface area is 181 Å². The van der Waals surface area contributed by atoms with Gasteiger partial charge in [-0.2, -0.15) is 0 Å². The summed E-state index contributed by atoms with van der Waals surface area (Å²) < 4.78 is 4.59. The van der Waals surface area contributed by atoms with Crippen LogP contribution in [0.1, 0.15) is 90.9 Å². The van der Waals surface area contributed by atoms with Crippen LogP contribution in [0.2, 0.25) is 0 Å². The van der Waals surface area contributed by atoms with Crippen LogP contribution in [0.5, 0.6) is 0 Å². The minimum atomic E-state index is -1.05. The highest BCUT2D eigenvalue weighted by Crippen LogP contribution is 2.11. The van der Waals surface area contributed by atoms with Crippen LogP contribution < -0.4 is 16.4 Å². The van der Waals surface area contributed by atoms with E-state index >= 15 is 0 Å². The number of ketones is 1. The average molecular weight is 428 g/mol. The molecule has 0 aromatic carbocycles. The second kappa shape index (κ2) is 17.7. The van der Waals surface area contributed by atoms with Crippen molar-refractivity contribution in [2.24, 2.45) is 11.7 Å². The fourth-order valence-electron chi connectivity index (χ4n) is 3.20. The Morgan fingerprint density at radius 3 is 1.90 bits per heavy atom. The Kier molecular flexibility index (Phi) is 16.5. The number of carbonyl (C=O) groups excluding carboxylic acids is 4. The van der Waals surface area contributed by atoms with Gasteiger partial charge in [0.15, 0.2) is 5.78 Å². The second-order valence-electron chi connectivity index (χ2n) is 7.90. The number of methoxy groups -OCH3 is 1. The normalized spacial score (nSPS) is 12.6. The number of carbonyl (C=O) groups is 4. The van der Waals surface area contributed by atoms with E-state index in [2.05, 4.69) is 22.3 Å². The fraction of sp³-hybridized carbons (Fsp3) is 0.818. The quantitative estimate of drug-likeness (QED) is 0.229. The van der Waals surface area contributed by atoms with Crippen LogP contribution in [-0.2, 0) is 19.1 Å². The molecule has 0 radical (unpaired) electrons. The number of nitrogens with two attached hydrogens (primary N) is 1. The molecular formula is C22H41N3O5. The molecule has 0 aliphatic carbocycles. The van der Waals surface area contributed by atoms with Gasteiger partial charge in [0.2, 0.25) is 5.91 Å².